The Morgan fingerprint density at radius 3 is 2.48 bits per heavy atom. The Kier molecular flexibility index (Phi) is 8.58. The van der Waals surface area contributed by atoms with E-state index < -0.39 is 0 Å². The Hall–Kier alpha value is -0.900. The lowest BCUT2D eigenvalue weighted by Crippen LogP contribution is -2.45. The number of aliphatic imine (C=N–C) groups is 1. The van der Waals surface area contributed by atoms with Gasteiger partial charge in [0.1, 0.15) is 12.4 Å². The molecule has 2 saturated heterocycles. The van der Waals surface area contributed by atoms with Gasteiger partial charge in [-0.05, 0) is 58.0 Å². The van der Waals surface area contributed by atoms with Gasteiger partial charge in [-0.15, -0.1) is 34.2 Å². The molecule has 1 aromatic heterocycles. The van der Waals surface area contributed by atoms with Crippen LogP contribution in [0.2, 0.25) is 0 Å². The SMILES string of the molecule is Cc1nnc(CN=C(NC2CCCC2)N2CCC(CN3CCCCC3)C2)n1C.I. The van der Waals surface area contributed by atoms with E-state index in [0.29, 0.717) is 12.6 Å². The molecule has 3 fully saturated rings. The molecule has 1 aliphatic carbocycles. The molecule has 7 nitrogen and oxygen atoms in total. The number of guanidine groups is 1. The number of hydrogen-bond acceptors (Lipinski definition) is 4. The van der Waals surface area contributed by atoms with Crippen LogP contribution in [0.1, 0.15) is 63.0 Å². The topological polar surface area (TPSA) is 61.6 Å². The molecule has 1 atom stereocenters. The van der Waals surface area contributed by atoms with Crippen LogP contribution in [-0.4, -0.2) is 69.3 Å². The minimum atomic E-state index is 0. The van der Waals surface area contributed by atoms with Crippen LogP contribution in [0.4, 0.5) is 0 Å². The third-order valence-corrected chi connectivity index (χ3v) is 6.79. The second-order valence-corrected chi connectivity index (χ2v) is 8.95. The summed E-state index contributed by atoms with van der Waals surface area (Å²) in [7, 11) is 2.02. The minimum absolute atomic E-state index is 0. The molecular formula is C21H38IN7. The summed E-state index contributed by atoms with van der Waals surface area (Å²) < 4.78 is 2.04. The fourth-order valence-corrected chi connectivity index (χ4v) is 4.91. The van der Waals surface area contributed by atoms with Gasteiger partial charge in [0.05, 0.1) is 0 Å². The van der Waals surface area contributed by atoms with Crippen LogP contribution < -0.4 is 5.32 Å². The molecule has 0 aromatic carbocycles. The van der Waals surface area contributed by atoms with Crippen molar-refractivity contribution in [1.29, 1.82) is 0 Å². The highest BCUT2D eigenvalue weighted by molar-refractivity contribution is 14.0. The maximum absolute atomic E-state index is 4.99. The quantitative estimate of drug-likeness (QED) is 0.371. The highest BCUT2D eigenvalue weighted by Crippen LogP contribution is 2.22. The summed E-state index contributed by atoms with van der Waals surface area (Å²) in [6.45, 7) is 8.69. The van der Waals surface area contributed by atoms with E-state index in [-0.39, 0.29) is 24.0 Å². The van der Waals surface area contributed by atoms with Gasteiger partial charge in [-0.1, -0.05) is 19.3 Å². The van der Waals surface area contributed by atoms with Crippen molar-refractivity contribution in [3.8, 4) is 0 Å². The number of piperidine rings is 1. The van der Waals surface area contributed by atoms with Crippen molar-refractivity contribution < 1.29 is 0 Å². The van der Waals surface area contributed by atoms with E-state index in [1.54, 1.807) is 0 Å². The van der Waals surface area contributed by atoms with Crippen molar-refractivity contribution in [2.75, 3.05) is 32.7 Å². The summed E-state index contributed by atoms with van der Waals surface area (Å²) >= 11 is 0. The van der Waals surface area contributed by atoms with Gasteiger partial charge >= 0.3 is 0 Å². The number of nitrogens with zero attached hydrogens (tertiary/aromatic N) is 6. The second-order valence-electron chi connectivity index (χ2n) is 8.95. The number of rotatable bonds is 5. The van der Waals surface area contributed by atoms with Gasteiger partial charge in [0, 0.05) is 32.7 Å². The summed E-state index contributed by atoms with van der Waals surface area (Å²) in [5.74, 6) is 3.74. The standard InChI is InChI=1S/C21H37N7.HI/c1-17-24-25-20(26(17)2)14-22-21(23-19-8-4-5-9-19)28-13-10-18(16-28)15-27-11-6-3-7-12-27;/h18-19H,3-16H2,1-2H3,(H,22,23);1H. The van der Waals surface area contributed by atoms with E-state index in [9.17, 15) is 0 Å². The Morgan fingerprint density at radius 2 is 1.79 bits per heavy atom. The average molecular weight is 515 g/mol. The number of likely N-dealkylation sites (tertiary alicyclic amines) is 2. The largest absolute Gasteiger partial charge is 0.353 e. The van der Waals surface area contributed by atoms with E-state index in [1.807, 2.05) is 18.5 Å². The summed E-state index contributed by atoms with van der Waals surface area (Å²) in [6.07, 6.45) is 10.7. The van der Waals surface area contributed by atoms with Gasteiger partial charge < -0.3 is 19.7 Å². The van der Waals surface area contributed by atoms with Crippen LogP contribution in [-0.2, 0) is 13.6 Å². The maximum atomic E-state index is 4.99. The van der Waals surface area contributed by atoms with E-state index in [4.69, 9.17) is 4.99 Å². The molecule has 1 saturated carbocycles. The number of halogens is 1. The van der Waals surface area contributed by atoms with Crippen LogP contribution in [0.15, 0.2) is 4.99 Å². The zero-order valence-electron chi connectivity index (χ0n) is 18.1. The molecule has 1 unspecified atom stereocenters. The number of hydrogen-bond donors (Lipinski definition) is 1. The number of nitrogens with one attached hydrogen (secondary N) is 1. The molecule has 2 aliphatic heterocycles. The Labute approximate surface area is 192 Å². The predicted molar refractivity (Wildman–Crippen MR) is 128 cm³/mol. The molecule has 1 aromatic rings. The molecule has 0 radical (unpaired) electrons. The highest BCUT2D eigenvalue weighted by atomic mass is 127. The highest BCUT2D eigenvalue weighted by Gasteiger charge is 2.28. The summed E-state index contributed by atoms with van der Waals surface area (Å²) in [4.78, 5) is 10.2. The van der Waals surface area contributed by atoms with Crippen molar-refractivity contribution in [2.45, 2.75) is 70.9 Å². The summed E-state index contributed by atoms with van der Waals surface area (Å²) in [6, 6.07) is 0.584. The first-order chi connectivity index (χ1) is 13.7. The van der Waals surface area contributed by atoms with Crippen molar-refractivity contribution in [3.05, 3.63) is 11.6 Å². The number of aryl methyl sites for hydroxylation is 1. The lowest BCUT2D eigenvalue weighted by Gasteiger charge is -2.29. The van der Waals surface area contributed by atoms with Gasteiger partial charge in [0.15, 0.2) is 11.8 Å². The smallest absolute Gasteiger partial charge is 0.194 e. The van der Waals surface area contributed by atoms with Crippen molar-refractivity contribution in [3.63, 3.8) is 0 Å². The van der Waals surface area contributed by atoms with E-state index in [0.717, 1.165) is 36.6 Å². The average Bonchev–Trinajstić information content (AvgIpc) is 3.44. The van der Waals surface area contributed by atoms with Crippen LogP contribution in [0.5, 0.6) is 0 Å². The zero-order chi connectivity index (χ0) is 19.3. The molecular weight excluding hydrogens is 477 g/mol. The first-order valence-corrected chi connectivity index (χ1v) is 11.3. The Morgan fingerprint density at radius 1 is 1.03 bits per heavy atom. The monoisotopic (exact) mass is 515 g/mol. The van der Waals surface area contributed by atoms with E-state index in [2.05, 4.69) is 25.3 Å². The van der Waals surface area contributed by atoms with Crippen molar-refractivity contribution in [1.82, 2.24) is 29.9 Å². The molecule has 164 valence electrons. The molecule has 4 rings (SSSR count). The molecule has 1 N–H and O–H groups in total. The van der Waals surface area contributed by atoms with Crippen LogP contribution in [0.25, 0.3) is 0 Å². The summed E-state index contributed by atoms with van der Waals surface area (Å²) in [5.41, 5.74) is 0. The van der Waals surface area contributed by atoms with Crippen LogP contribution in [0.3, 0.4) is 0 Å². The Balaban J connectivity index is 0.00000240. The molecule has 0 amide bonds. The third-order valence-electron chi connectivity index (χ3n) is 6.79. The fourth-order valence-electron chi connectivity index (χ4n) is 4.91. The normalized spacial score (nSPS) is 24.1. The molecule has 3 heterocycles. The van der Waals surface area contributed by atoms with Gasteiger partial charge in [-0.3, -0.25) is 0 Å². The molecule has 0 bridgehead atoms. The second kappa shape index (κ2) is 10.9. The molecule has 0 spiro atoms. The lowest BCUT2D eigenvalue weighted by atomic mass is 10.1. The Bertz CT molecular complexity index is 662. The summed E-state index contributed by atoms with van der Waals surface area (Å²) in [5, 5.41) is 12.3. The first kappa shape index (κ1) is 22.8. The van der Waals surface area contributed by atoms with Crippen LogP contribution in [0, 0.1) is 12.8 Å². The lowest BCUT2D eigenvalue weighted by molar-refractivity contribution is 0.198. The third kappa shape index (κ3) is 6.06. The van der Waals surface area contributed by atoms with Gasteiger partial charge in [0.2, 0.25) is 0 Å². The fraction of sp³-hybridized carbons (Fsp3) is 0.857. The van der Waals surface area contributed by atoms with Gasteiger partial charge in [-0.2, -0.15) is 0 Å². The van der Waals surface area contributed by atoms with Crippen LogP contribution >= 0.6 is 24.0 Å². The minimum Gasteiger partial charge on any atom is -0.353 e. The van der Waals surface area contributed by atoms with E-state index >= 15 is 0 Å². The zero-order valence-corrected chi connectivity index (χ0v) is 20.5. The van der Waals surface area contributed by atoms with Gasteiger partial charge in [-0.25, -0.2) is 4.99 Å². The van der Waals surface area contributed by atoms with Crippen molar-refractivity contribution in [2.24, 2.45) is 18.0 Å². The molecule has 3 aliphatic rings. The molecule has 29 heavy (non-hydrogen) atoms. The maximum Gasteiger partial charge on any atom is 0.194 e. The van der Waals surface area contributed by atoms with Gasteiger partial charge in [0.25, 0.3) is 0 Å². The van der Waals surface area contributed by atoms with E-state index in [1.165, 1.54) is 71.0 Å². The first-order valence-electron chi connectivity index (χ1n) is 11.3. The predicted octanol–water partition coefficient (Wildman–Crippen LogP) is 2.94. The number of aromatic nitrogens is 3. The molecule has 8 heteroatoms. The van der Waals surface area contributed by atoms with Crippen molar-refractivity contribution >= 4 is 29.9 Å².